The van der Waals surface area contributed by atoms with Crippen molar-refractivity contribution in [3.63, 3.8) is 0 Å². The van der Waals surface area contributed by atoms with E-state index in [9.17, 15) is 0 Å². The van der Waals surface area contributed by atoms with Crippen molar-refractivity contribution in [1.29, 1.82) is 0 Å². The third kappa shape index (κ3) is 3.27. The van der Waals surface area contributed by atoms with Crippen LogP contribution >= 0.6 is 0 Å². The molecule has 0 saturated heterocycles. The monoisotopic (exact) mass is 298 g/mol. The second kappa shape index (κ2) is 6.66. The molecule has 0 nitrogen and oxygen atoms in total. The maximum absolute atomic E-state index is 3.87. The van der Waals surface area contributed by atoms with Gasteiger partial charge in [0.1, 0.15) is 0 Å². The summed E-state index contributed by atoms with van der Waals surface area (Å²) in [7, 11) is 0. The zero-order valence-corrected chi connectivity index (χ0v) is 13.8. The molecule has 0 spiro atoms. The molecular weight excluding hydrogens is 276 g/mol. The number of rotatable bonds is 4. The largest absolute Gasteiger partial charge is 0.103 e. The minimum Gasteiger partial charge on any atom is -0.103 e. The van der Waals surface area contributed by atoms with Crippen LogP contribution < -0.4 is 0 Å². The maximum Gasteiger partial charge on any atom is -0.00940 e. The van der Waals surface area contributed by atoms with Crippen molar-refractivity contribution in [3.8, 4) is 22.3 Å². The SMILES string of the molecule is C=CCc1ccccc1-c1ccc(-c2cccc(C)c2)c(C)c1. The average Bonchev–Trinajstić information content (AvgIpc) is 2.55. The summed E-state index contributed by atoms with van der Waals surface area (Å²) in [6.07, 6.45) is 2.86. The molecule has 0 saturated carbocycles. The second-order valence-corrected chi connectivity index (χ2v) is 6.05. The highest BCUT2D eigenvalue weighted by Crippen LogP contribution is 2.30. The third-order valence-electron chi connectivity index (χ3n) is 4.25. The summed E-state index contributed by atoms with van der Waals surface area (Å²) in [5.74, 6) is 0. The first-order chi connectivity index (χ1) is 11.2. The lowest BCUT2D eigenvalue weighted by atomic mass is 9.92. The van der Waals surface area contributed by atoms with Gasteiger partial charge in [-0.1, -0.05) is 78.4 Å². The fraction of sp³-hybridized carbons (Fsp3) is 0.130. The van der Waals surface area contributed by atoms with E-state index >= 15 is 0 Å². The molecule has 0 heterocycles. The van der Waals surface area contributed by atoms with E-state index in [1.54, 1.807) is 0 Å². The molecule has 3 rings (SSSR count). The summed E-state index contributed by atoms with van der Waals surface area (Å²) in [5.41, 5.74) is 9.09. The standard InChI is InChI=1S/C23H22/c1-4-8-19-10-5-6-12-23(19)21-13-14-22(18(3)16-21)20-11-7-9-17(2)15-20/h4-7,9-16H,1,8H2,2-3H3. The van der Waals surface area contributed by atoms with Crippen LogP contribution in [0.4, 0.5) is 0 Å². The summed E-state index contributed by atoms with van der Waals surface area (Å²) < 4.78 is 0. The molecule has 0 aliphatic carbocycles. The summed E-state index contributed by atoms with van der Waals surface area (Å²) in [6.45, 7) is 8.20. The van der Waals surface area contributed by atoms with Crippen LogP contribution in [0.1, 0.15) is 16.7 Å². The molecule has 0 amide bonds. The summed E-state index contributed by atoms with van der Waals surface area (Å²) >= 11 is 0. The van der Waals surface area contributed by atoms with Crippen LogP contribution in [0.3, 0.4) is 0 Å². The Labute approximate surface area is 139 Å². The molecule has 23 heavy (non-hydrogen) atoms. The second-order valence-electron chi connectivity index (χ2n) is 6.05. The van der Waals surface area contributed by atoms with Crippen molar-refractivity contribution in [1.82, 2.24) is 0 Å². The van der Waals surface area contributed by atoms with Gasteiger partial charge in [0.15, 0.2) is 0 Å². The third-order valence-corrected chi connectivity index (χ3v) is 4.25. The first kappa shape index (κ1) is 15.3. The zero-order chi connectivity index (χ0) is 16.2. The quantitative estimate of drug-likeness (QED) is 0.491. The van der Waals surface area contributed by atoms with Crippen LogP contribution in [0.25, 0.3) is 22.3 Å². The number of hydrogen-bond donors (Lipinski definition) is 0. The molecule has 0 heteroatoms. The Hall–Kier alpha value is -2.60. The van der Waals surface area contributed by atoms with Crippen LogP contribution in [0.15, 0.2) is 79.4 Å². The van der Waals surface area contributed by atoms with Gasteiger partial charge in [-0.3, -0.25) is 0 Å². The van der Waals surface area contributed by atoms with Crippen molar-refractivity contribution in [2.75, 3.05) is 0 Å². The van der Waals surface area contributed by atoms with Crippen LogP contribution in [0.2, 0.25) is 0 Å². The topological polar surface area (TPSA) is 0 Å². The van der Waals surface area contributed by atoms with Gasteiger partial charge in [0.25, 0.3) is 0 Å². The van der Waals surface area contributed by atoms with Gasteiger partial charge in [0.05, 0.1) is 0 Å². The molecule has 3 aromatic carbocycles. The molecule has 0 aliphatic heterocycles. The van der Waals surface area contributed by atoms with E-state index in [1.165, 1.54) is 38.9 Å². The smallest absolute Gasteiger partial charge is 0.00940 e. The van der Waals surface area contributed by atoms with Crippen molar-refractivity contribution in [2.45, 2.75) is 20.3 Å². The molecule has 3 aromatic rings. The minimum atomic E-state index is 0.898. The number of benzene rings is 3. The molecule has 0 aromatic heterocycles. The Morgan fingerprint density at radius 1 is 0.783 bits per heavy atom. The van der Waals surface area contributed by atoms with Crippen LogP contribution in [0.5, 0.6) is 0 Å². The molecule has 0 fully saturated rings. The lowest BCUT2D eigenvalue weighted by molar-refractivity contribution is 1.28. The van der Waals surface area contributed by atoms with Crippen LogP contribution in [0, 0.1) is 13.8 Å². The van der Waals surface area contributed by atoms with Crippen molar-refractivity contribution >= 4 is 0 Å². The van der Waals surface area contributed by atoms with Crippen LogP contribution in [-0.2, 0) is 6.42 Å². The highest BCUT2D eigenvalue weighted by molar-refractivity contribution is 5.75. The van der Waals surface area contributed by atoms with Crippen molar-refractivity contribution in [2.24, 2.45) is 0 Å². The van der Waals surface area contributed by atoms with Crippen LogP contribution in [-0.4, -0.2) is 0 Å². The number of aryl methyl sites for hydroxylation is 2. The molecule has 0 N–H and O–H groups in total. The van der Waals surface area contributed by atoms with Crippen molar-refractivity contribution in [3.05, 3.63) is 96.1 Å². The lowest BCUT2D eigenvalue weighted by Crippen LogP contribution is -1.90. The Morgan fingerprint density at radius 3 is 2.30 bits per heavy atom. The normalized spacial score (nSPS) is 10.5. The first-order valence-corrected chi connectivity index (χ1v) is 8.06. The van der Waals surface area contributed by atoms with E-state index in [0.717, 1.165) is 6.42 Å². The lowest BCUT2D eigenvalue weighted by Gasteiger charge is -2.12. The minimum absolute atomic E-state index is 0.898. The van der Waals surface area contributed by atoms with E-state index in [0.29, 0.717) is 0 Å². The Balaban J connectivity index is 2.05. The molecule has 0 unspecified atom stereocenters. The fourth-order valence-electron chi connectivity index (χ4n) is 3.10. The molecule has 114 valence electrons. The van der Waals surface area contributed by atoms with E-state index < -0.39 is 0 Å². The van der Waals surface area contributed by atoms with Gasteiger partial charge in [-0.25, -0.2) is 0 Å². The number of hydrogen-bond acceptors (Lipinski definition) is 0. The Bertz CT molecular complexity index is 840. The van der Waals surface area contributed by atoms with Gasteiger partial charge in [0, 0.05) is 0 Å². The van der Waals surface area contributed by atoms with Gasteiger partial charge < -0.3 is 0 Å². The predicted molar refractivity (Wildman–Crippen MR) is 101 cm³/mol. The molecule has 0 bridgehead atoms. The highest BCUT2D eigenvalue weighted by atomic mass is 14.1. The van der Waals surface area contributed by atoms with E-state index in [-0.39, 0.29) is 0 Å². The van der Waals surface area contributed by atoms with Gasteiger partial charge in [0.2, 0.25) is 0 Å². The average molecular weight is 298 g/mol. The van der Waals surface area contributed by atoms with Gasteiger partial charge in [-0.05, 0) is 53.6 Å². The van der Waals surface area contributed by atoms with Gasteiger partial charge >= 0.3 is 0 Å². The van der Waals surface area contributed by atoms with E-state index in [4.69, 9.17) is 0 Å². The van der Waals surface area contributed by atoms with E-state index in [2.05, 4.69) is 87.2 Å². The predicted octanol–water partition coefficient (Wildman–Crippen LogP) is 6.37. The zero-order valence-electron chi connectivity index (χ0n) is 13.8. The van der Waals surface area contributed by atoms with E-state index in [1.807, 2.05) is 6.08 Å². The molecular formula is C23H22. The molecule has 0 radical (unpaired) electrons. The Morgan fingerprint density at radius 2 is 1.57 bits per heavy atom. The van der Waals surface area contributed by atoms with Gasteiger partial charge in [-0.2, -0.15) is 0 Å². The summed E-state index contributed by atoms with van der Waals surface area (Å²) in [4.78, 5) is 0. The first-order valence-electron chi connectivity index (χ1n) is 8.06. The van der Waals surface area contributed by atoms with Crippen molar-refractivity contribution < 1.29 is 0 Å². The Kier molecular flexibility index (Phi) is 4.43. The molecule has 0 atom stereocenters. The van der Waals surface area contributed by atoms with Gasteiger partial charge in [-0.15, -0.1) is 6.58 Å². The fourth-order valence-corrected chi connectivity index (χ4v) is 3.10. The highest BCUT2D eigenvalue weighted by Gasteiger charge is 2.07. The number of allylic oxidation sites excluding steroid dienone is 1. The maximum atomic E-state index is 3.87. The summed E-state index contributed by atoms with van der Waals surface area (Å²) in [5, 5.41) is 0. The molecule has 0 aliphatic rings. The summed E-state index contributed by atoms with van der Waals surface area (Å²) in [6, 6.07) is 24.0.